The summed E-state index contributed by atoms with van der Waals surface area (Å²) < 4.78 is 1.82. The van der Waals surface area contributed by atoms with Crippen molar-refractivity contribution in [2.24, 2.45) is 7.05 Å². The molecule has 1 amide bonds. The zero-order valence-electron chi connectivity index (χ0n) is 12.4. The Morgan fingerprint density at radius 2 is 1.95 bits per heavy atom. The maximum atomic E-state index is 12.8. The van der Waals surface area contributed by atoms with E-state index in [1.54, 1.807) is 0 Å². The van der Waals surface area contributed by atoms with Gasteiger partial charge in [-0.05, 0) is 44.8 Å². The molecular weight excluding hydrogens is 270 g/mol. The summed E-state index contributed by atoms with van der Waals surface area (Å²) in [5.74, 6) is 0.197. The Morgan fingerprint density at radius 3 is 2.65 bits per heavy atom. The van der Waals surface area contributed by atoms with Crippen molar-refractivity contribution in [2.45, 2.75) is 43.8 Å². The van der Waals surface area contributed by atoms with E-state index < -0.39 is 0 Å². The van der Waals surface area contributed by atoms with E-state index >= 15 is 0 Å². The van der Waals surface area contributed by atoms with Crippen LogP contribution in [0.3, 0.4) is 0 Å². The highest BCUT2D eigenvalue weighted by Crippen LogP contribution is 2.27. The Hall–Kier alpha value is -0.970. The van der Waals surface area contributed by atoms with Crippen LogP contribution in [0.5, 0.6) is 0 Å². The first-order chi connectivity index (χ1) is 9.70. The average molecular weight is 293 g/mol. The van der Waals surface area contributed by atoms with E-state index in [0.29, 0.717) is 0 Å². The summed E-state index contributed by atoms with van der Waals surface area (Å²) >= 11 is 1.93. The Morgan fingerprint density at radius 1 is 1.25 bits per heavy atom. The molecule has 0 unspecified atom stereocenters. The maximum absolute atomic E-state index is 12.8. The number of rotatable bonds is 2. The van der Waals surface area contributed by atoms with Crippen molar-refractivity contribution in [3.05, 3.63) is 17.0 Å². The number of thioether (sulfide) groups is 1. The van der Waals surface area contributed by atoms with Crippen LogP contribution < -0.4 is 0 Å². The largest absolute Gasteiger partial charge is 0.337 e. The lowest BCUT2D eigenvalue weighted by atomic mass is 9.95. The molecule has 2 heterocycles. The van der Waals surface area contributed by atoms with Crippen molar-refractivity contribution in [1.82, 2.24) is 14.7 Å². The van der Waals surface area contributed by atoms with Crippen LogP contribution in [0.2, 0.25) is 0 Å². The summed E-state index contributed by atoms with van der Waals surface area (Å²) in [6.45, 7) is 1.79. The molecule has 4 nitrogen and oxygen atoms in total. The van der Waals surface area contributed by atoms with Crippen molar-refractivity contribution in [3.8, 4) is 0 Å². The number of fused-ring (bicyclic) bond motifs is 1. The van der Waals surface area contributed by atoms with Gasteiger partial charge in [0, 0.05) is 31.0 Å². The Bertz CT molecular complexity index is 503. The first-order valence-electron chi connectivity index (χ1n) is 7.57. The number of piperidine rings is 1. The molecular formula is C15H23N3OS. The zero-order valence-corrected chi connectivity index (χ0v) is 13.2. The van der Waals surface area contributed by atoms with E-state index in [9.17, 15) is 4.79 Å². The Labute approximate surface area is 124 Å². The number of nitrogens with zero attached hydrogens (tertiary/aromatic N) is 3. The number of likely N-dealkylation sites (tertiary alicyclic amines) is 1. The lowest BCUT2D eigenvalue weighted by molar-refractivity contribution is 0.0715. The lowest BCUT2D eigenvalue weighted by Gasteiger charge is -2.31. The number of carbonyl (C=O) groups excluding carboxylic acids is 1. The maximum Gasteiger partial charge on any atom is 0.272 e. The molecule has 0 saturated carbocycles. The Kier molecular flexibility index (Phi) is 4.06. The lowest BCUT2D eigenvalue weighted by Crippen LogP contribution is -2.40. The Balaban J connectivity index is 1.79. The number of hydrogen-bond donors (Lipinski definition) is 0. The predicted molar refractivity (Wildman–Crippen MR) is 82.3 cm³/mol. The molecule has 0 spiro atoms. The standard InChI is InChI=1S/C15H23N3OS/c1-17-14(12-5-3-4-6-13(12)16-17)15(19)18-9-7-11(20-2)8-10-18/h11H,3-10H2,1-2H3. The molecule has 1 saturated heterocycles. The van der Waals surface area contributed by atoms with Crippen LogP contribution in [0, 0.1) is 0 Å². The summed E-state index contributed by atoms with van der Waals surface area (Å²) in [6.07, 6.45) is 8.85. The number of aryl methyl sites for hydroxylation is 2. The van der Waals surface area contributed by atoms with Gasteiger partial charge in [0.25, 0.3) is 5.91 Å². The van der Waals surface area contributed by atoms with Gasteiger partial charge in [0.15, 0.2) is 0 Å². The van der Waals surface area contributed by atoms with Gasteiger partial charge in [0.05, 0.1) is 5.69 Å². The first kappa shape index (κ1) is 14.0. The van der Waals surface area contributed by atoms with Gasteiger partial charge in [-0.3, -0.25) is 9.48 Å². The third-order valence-corrected chi connectivity index (χ3v) is 5.72. The summed E-state index contributed by atoms with van der Waals surface area (Å²) in [6, 6.07) is 0. The molecule has 0 aromatic carbocycles. The zero-order chi connectivity index (χ0) is 14.1. The van der Waals surface area contributed by atoms with E-state index in [2.05, 4.69) is 11.4 Å². The molecule has 1 aliphatic carbocycles. The second-order valence-electron chi connectivity index (χ2n) is 5.83. The molecule has 1 fully saturated rings. The van der Waals surface area contributed by atoms with Crippen LogP contribution in [-0.2, 0) is 19.9 Å². The van der Waals surface area contributed by atoms with E-state index in [0.717, 1.165) is 55.4 Å². The third-order valence-electron chi connectivity index (χ3n) is 4.58. The van der Waals surface area contributed by atoms with Crippen LogP contribution in [0.4, 0.5) is 0 Å². The fourth-order valence-corrected chi connectivity index (χ4v) is 4.08. The summed E-state index contributed by atoms with van der Waals surface area (Å²) in [4.78, 5) is 14.8. The minimum Gasteiger partial charge on any atom is -0.337 e. The van der Waals surface area contributed by atoms with Gasteiger partial charge in [-0.1, -0.05) is 0 Å². The van der Waals surface area contributed by atoms with Crippen LogP contribution in [0.25, 0.3) is 0 Å². The van der Waals surface area contributed by atoms with Crippen molar-refractivity contribution in [3.63, 3.8) is 0 Å². The van der Waals surface area contributed by atoms with Gasteiger partial charge in [-0.25, -0.2) is 0 Å². The molecule has 1 aromatic rings. The van der Waals surface area contributed by atoms with Gasteiger partial charge in [0.1, 0.15) is 5.69 Å². The minimum absolute atomic E-state index is 0.197. The van der Waals surface area contributed by atoms with E-state index in [1.807, 2.05) is 28.4 Å². The number of hydrogen-bond acceptors (Lipinski definition) is 3. The first-order valence-corrected chi connectivity index (χ1v) is 8.86. The molecule has 1 aromatic heterocycles. The van der Waals surface area contributed by atoms with Gasteiger partial charge in [-0.15, -0.1) is 0 Å². The quantitative estimate of drug-likeness (QED) is 0.839. The van der Waals surface area contributed by atoms with Crippen LogP contribution in [-0.4, -0.2) is 45.2 Å². The highest BCUT2D eigenvalue weighted by Gasteiger charge is 2.29. The van der Waals surface area contributed by atoms with E-state index in [4.69, 9.17) is 0 Å². The third kappa shape index (κ3) is 2.48. The number of aromatic nitrogens is 2. The molecule has 1 aliphatic heterocycles. The van der Waals surface area contributed by atoms with Gasteiger partial charge in [-0.2, -0.15) is 16.9 Å². The second kappa shape index (κ2) is 5.80. The van der Waals surface area contributed by atoms with Crippen LogP contribution in [0.15, 0.2) is 0 Å². The SMILES string of the molecule is CSC1CCN(C(=O)c2c3c(nn2C)CCCC3)CC1. The second-order valence-corrected chi connectivity index (χ2v) is 6.97. The van der Waals surface area contributed by atoms with E-state index in [-0.39, 0.29) is 5.91 Å². The minimum atomic E-state index is 0.197. The van der Waals surface area contributed by atoms with Gasteiger partial charge < -0.3 is 4.90 Å². The normalized spacial score (nSPS) is 20.0. The topological polar surface area (TPSA) is 38.1 Å². The monoisotopic (exact) mass is 293 g/mol. The molecule has 20 heavy (non-hydrogen) atoms. The average Bonchev–Trinajstić information content (AvgIpc) is 2.82. The van der Waals surface area contributed by atoms with Crippen molar-refractivity contribution in [2.75, 3.05) is 19.3 Å². The summed E-state index contributed by atoms with van der Waals surface area (Å²) in [7, 11) is 1.92. The smallest absolute Gasteiger partial charge is 0.272 e. The van der Waals surface area contributed by atoms with Crippen molar-refractivity contribution in [1.29, 1.82) is 0 Å². The number of amides is 1. The van der Waals surface area contributed by atoms with Crippen LogP contribution >= 0.6 is 11.8 Å². The molecule has 0 atom stereocenters. The molecule has 0 radical (unpaired) electrons. The van der Waals surface area contributed by atoms with E-state index in [1.165, 1.54) is 18.4 Å². The number of carbonyl (C=O) groups is 1. The molecule has 110 valence electrons. The molecule has 3 rings (SSSR count). The van der Waals surface area contributed by atoms with Crippen molar-refractivity contribution < 1.29 is 4.79 Å². The van der Waals surface area contributed by atoms with Crippen molar-refractivity contribution >= 4 is 17.7 Å². The molecule has 0 N–H and O–H groups in total. The summed E-state index contributed by atoms with van der Waals surface area (Å²) in [5.41, 5.74) is 3.22. The predicted octanol–water partition coefficient (Wildman–Crippen LogP) is 2.27. The molecule has 2 aliphatic rings. The fraction of sp³-hybridized carbons (Fsp3) is 0.733. The van der Waals surface area contributed by atoms with Gasteiger partial charge >= 0.3 is 0 Å². The fourth-order valence-electron chi connectivity index (χ4n) is 3.39. The molecule has 5 heteroatoms. The highest BCUT2D eigenvalue weighted by molar-refractivity contribution is 7.99. The molecule has 0 bridgehead atoms. The summed E-state index contributed by atoms with van der Waals surface area (Å²) in [5, 5.41) is 5.29. The van der Waals surface area contributed by atoms with Gasteiger partial charge in [0.2, 0.25) is 0 Å². The van der Waals surface area contributed by atoms with Crippen LogP contribution in [0.1, 0.15) is 47.4 Å². The highest BCUT2D eigenvalue weighted by atomic mass is 32.2.